The smallest absolute Gasteiger partial charge is 0.359 e. The normalized spacial score (nSPS) is 14.5. The van der Waals surface area contributed by atoms with E-state index in [1.54, 1.807) is 42.6 Å². The molecule has 0 radical (unpaired) electrons. The number of nitrogens with zero attached hydrogens (tertiary/aromatic N) is 2. The highest BCUT2D eigenvalue weighted by Crippen LogP contribution is 2.33. The third-order valence-corrected chi connectivity index (χ3v) is 6.33. The average molecular weight is 492 g/mol. The number of para-hydroxylation sites is 2. The SMILES string of the molecule is CCOC(=O)c1nn(-c2ccc(C)cc2)c(=O)c2c(NC(=O)C3COc4ccccc4O3)scc12. The number of amides is 1. The highest BCUT2D eigenvalue weighted by molar-refractivity contribution is 7.16. The van der Waals surface area contributed by atoms with Crippen LogP contribution in [-0.2, 0) is 9.53 Å². The fraction of sp³-hybridized carbons (Fsp3) is 0.200. The minimum Gasteiger partial charge on any atom is -0.485 e. The van der Waals surface area contributed by atoms with Crippen molar-refractivity contribution in [2.24, 2.45) is 0 Å². The largest absolute Gasteiger partial charge is 0.485 e. The van der Waals surface area contributed by atoms with E-state index in [4.69, 9.17) is 14.2 Å². The number of anilines is 1. The minimum absolute atomic E-state index is 0.00930. The van der Waals surface area contributed by atoms with Gasteiger partial charge in [0.25, 0.3) is 11.5 Å². The number of aromatic nitrogens is 2. The maximum Gasteiger partial charge on any atom is 0.359 e. The standard InChI is InChI=1S/C25H21N3O6S/c1-3-32-25(31)21-16-13-35-23(20(16)24(30)28(27-21)15-10-8-14(2)9-11-15)26-22(29)19-12-33-17-6-4-5-7-18(17)34-19/h4-11,13,19H,3,12H2,1-2H3,(H,26,29). The van der Waals surface area contributed by atoms with Gasteiger partial charge < -0.3 is 19.5 Å². The molecule has 9 nitrogen and oxygen atoms in total. The van der Waals surface area contributed by atoms with Crippen LogP contribution in [0.15, 0.2) is 58.7 Å². The van der Waals surface area contributed by atoms with Crippen molar-refractivity contribution in [2.75, 3.05) is 18.5 Å². The van der Waals surface area contributed by atoms with Gasteiger partial charge in [-0.25, -0.2) is 4.79 Å². The van der Waals surface area contributed by atoms with Crippen molar-refractivity contribution in [1.82, 2.24) is 9.78 Å². The van der Waals surface area contributed by atoms with Crippen LogP contribution in [0, 0.1) is 6.92 Å². The van der Waals surface area contributed by atoms with E-state index in [1.165, 1.54) is 0 Å². The molecule has 1 unspecified atom stereocenters. The summed E-state index contributed by atoms with van der Waals surface area (Å²) in [6.07, 6.45) is -0.910. The first-order chi connectivity index (χ1) is 17.0. The Hall–Kier alpha value is -4.18. The summed E-state index contributed by atoms with van der Waals surface area (Å²) >= 11 is 1.12. The summed E-state index contributed by atoms with van der Waals surface area (Å²) in [4.78, 5) is 39.2. The molecule has 0 fully saturated rings. The number of esters is 1. The first-order valence-corrected chi connectivity index (χ1v) is 11.8. The number of aryl methyl sites for hydroxylation is 1. The molecule has 4 aromatic rings. The summed E-state index contributed by atoms with van der Waals surface area (Å²) in [6, 6.07) is 14.2. The Labute approximate surface area is 203 Å². The van der Waals surface area contributed by atoms with Gasteiger partial charge in [0.1, 0.15) is 11.6 Å². The van der Waals surface area contributed by atoms with Gasteiger partial charge in [-0.15, -0.1) is 11.3 Å². The number of nitrogens with one attached hydrogen (secondary N) is 1. The van der Waals surface area contributed by atoms with Crippen molar-refractivity contribution in [1.29, 1.82) is 0 Å². The van der Waals surface area contributed by atoms with Gasteiger partial charge in [-0.1, -0.05) is 29.8 Å². The van der Waals surface area contributed by atoms with Crippen LogP contribution in [0.25, 0.3) is 16.5 Å². The molecule has 178 valence electrons. The lowest BCUT2D eigenvalue weighted by molar-refractivity contribution is -0.125. The lowest BCUT2D eigenvalue weighted by Gasteiger charge is -2.25. The highest BCUT2D eigenvalue weighted by Gasteiger charge is 2.29. The molecule has 1 aliphatic rings. The van der Waals surface area contributed by atoms with E-state index in [-0.39, 0.29) is 29.3 Å². The Balaban J connectivity index is 1.55. The van der Waals surface area contributed by atoms with Crippen molar-refractivity contribution < 1.29 is 23.8 Å². The van der Waals surface area contributed by atoms with E-state index in [2.05, 4.69) is 10.4 Å². The fourth-order valence-corrected chi connectivity index (χ4v) is 4.63. The monoisotopic (exact) mass is 491 g/mol. The second-order valence-corrected chi connectivity index (χ2v) is 8.71. The first kappa shape index (κ1) is 22.6. The lowest BCUT2D eigenvalue weighted by Crippen LogP contribution is -2.40. The number of carbonyl (C=O) groups excluding carboxylic acids is 2. The molecule has 5 rings (SSSR count). The molecule has 0 saturated carbocycles. The quantitative estimate of drug-likeness (QED) is 0.424. The number of thiophene rings is 1. The Morgan fingerprint density at radius 1 is 1.17 bits per heavy atom. The van der Waals surface area contributed by atoms with Gasteiger partial charge in [-0.3, -0.25) is 9.59 Å². The maximum atomic E-state index is 13.5. The van der Waals surface area contributed by atoms with E-state index in [0.29, 0.717) is 22.6 Å². The topological polar surface area (TPSA) is 109 Å². The van der Waals surface area contributed by atoms with Gasteiger partial charge in [-0.2, -0.15) is 9.78 Å². The van der Waals surface area contributed by atoms with Crippen LogP contribution in [-0.4, -0.2) is 41.0 Å². The van der Waals surface area contributed by atoms with Crippen LogP contribution in [0.4, 0.5) is 5.00 Å². The molecule has 2 aromatic heterocycles. The predicted octanol–water partition coefficient (Wildman–Crippen LogP) is 3.71. The molecule has 1 aliphatic heterocycles. The lowest BCUT2D eigenvalue weighted by atomic mass is 10.2. The third kappa shape index (κ3) is 4.24. The molecule has 10 heteroatoms. The third-order valence-electron chi connectivity index (χ3n) is 5.44. The molecular weight excluding hydrogens is 470 g/mol. The van der Waals surface area contributed by atoms with Crippen LogP contribution in [0.2, 0.25) is 0 Å². The molecular formula is C25H21N3O6S. The van der Waals surface area contributed by atoms with Crippen LogP contribution < -0.4 is 20.3 Å². The van der Waals surface area contributed by atoms with E-state index < -0.39 is 23.5 Å². The number of benzene rings is 2. The van der Waals surface area contributed by atoms with Gasteiger partial charge >= 0.3 is 5.97 Å². The van der Waals surface area contributed by atoms with Crippen LogP contribution >= 0.6 is 11.3 Å². The Morgan fingerprint density at radius 2 is 1.91 bits per heavy atom. The fourth-order valence-electron chi connectivity index (χ4n) is 3.69. The van der Waals surface area contributed by atoms with Gasteiger partial charge in [0.2, 0.25) is 6.10 Å². The second-order valence-electron chi connectivity index (χ2n) is 7.83. The van der Waals surface area contributed by atoms with Crippen molar-refractivity contribution in [3.8, 4) is 17.2 Å². The highest BCUT2D eigenvalue weighted by atomic mass is 32.1. The number of fused-ring (bicyclic) bond motifs is 2. The second kappa shape index (κ2) is 9.22. The summed E-state index contributed by atoms with van der Waals surface area (Å²) in [5.74, 6) is -0.108. The number of carbonyl (C=O) groups is 2. The van der Waals surface area contributed by atoms with Crippen LogP contribution in [0.5, 0.6) is 11.5 Å². The molecule has 35 heavy (non-hydrogen) atoms. The molecule has 0 spiro atoms. The Kier molecular flexibility index (Phi) is 5.96. The van der Waals surface area contributed by atoms with E-state index in [1.807, 2.05) is 25.1 Å². The number of hydrogen-bond donors (Lipinski definition) is 1. The van der Waals surface area contributed by atoms with Gasteiger partial charge in [-0.05, 0) is 38.1 Å². The summed E-state index contributed by atoms with van der Waals surface area (Å²) in [7, 11) is 0. The summed E-state index contributed by atoms with van der Waals surface area (Å²) in [5.41, 5.74) is 1.01. The Morgan fingerprint density at radius 3 is 2.66 bits per heavy atom. The number of rotatable bonds is 5. The van der Waals surface area contributed by atoms with Gasteiger partial charge in [0.05, 0.1) is 17.7 Å². The van der Waals surface area contributed by atoms with E-state index in [0.717, 1.165) is 21.6 Å². The molecule has 1 amide bonds. The van der Waals surface area contributed by atoms with Crippen molar-refractivity contribution in [3.05, 3.63) is 75.5 Å². The summed E-state index contributed by atoms with van der Waals surface area (Å²) in [5, 5.41) is 9.45. The van der Waals surface area contributed by atoms with Crippen molar-refractivity contribution >= 4 is 39.0 Å². The number of ether oxygens (including phenoxy) is 3. The zero-order valence-corrected chi connectivity index (χ0v) is 19.8. The average Bonchev–Trinajstić information content (AvgIpc) is 3.29. The molecule has 0 aliphatic carbocycles. The molecule has 0 saturated heterocycles. The van der Waals surface area contributed by atoms with Crippen LogP contribution in [0.3, 0.4) is 0 Å². The number of hydrogen-bond acceptors (Lipinski definition) is 8. The summed E-state index contributed by atoms with van der Waals surface area (Å²) in [6.45, 7) is 3.79. The minimum atomic E-state index is -0.910. The maximum absolute atomic E-state index is 13.5. The van der Waals surface area contributed by atoms with Crippen molar-refractivity contribution in [2.45, 2.75) is 20.0 Å². The molecule has 1 N–H and O–H groups in total. The molecule has 3 heterocycles. The Bertz CT molecular complexity index is 1490. The van der Waals surface area contributed by atoms with Crippen molar-refractivity contribution in [3.63, 3.8) is 0 Å². The zero-order chi connectivity index (χ0) is 24.5. The molecule has 0 bridgehead atoms. The predicted molar refractivity (Wildman–Crippen MR) is 131 cm³/mol. The first-order valence-electron chi connectivity index (χ1n) is 10.9. The zero-order valence-electron chi connectivity index (χ0n) is 18.9. The van der Waals surface area contributed by atoms with Gasteiger partial charge in [0, 0.05) is 10.8 Å². The molecule has 1 atom stereocenters. The van der Waals surface area contributed by atoms with E-state index in [9.17, 15) is 14.4 Å². The molecule has 2 aromatic carbocycles. The van der Waals surface area contributed by atoms with Gasteiger partial charge in [0.15, 0.2) is 17.2 Å². The summed E-state index contributed by atoms with van der Waals surface area (Å²) < 4.78 is 17.7. The van der Waals surface area contributed by atoms with Crippen LogP contribution in [0.1, 0.15) is 23.0 Å². The van der Waals surface area contributed by atoms with E-state index >= 15 is 0 Å².